The molecule has 2 aliphatic rings. The third-order valence-corrected chi connectivity index (χ3v) is 7.28. The summed E-state index contributed by atoms with van der Waals surface area (Å²) in [5.74, 6) is 0.995. The summed E-state index contributed by atoms with van der Waals surface area (Å²) >= 11 is 0. The van der Waals surface area contributed by atoms with Gasteiger partial charge in [0.25, 0.3) is 0 Å². The zero-order valence-corrected chi connectivity index (χ0v) is 18.1. The van der Waals surface area contributed by atoms with E-state index >= 15 is 0 Å². The highest BCUT2D eigenvalue weighted by molar-refractivity contribution is 7.89. The molecule has 0 radical (unpaired) electrons. The number of hydrogen-bond acceptors (Lipinski definition) is 5. The van der Waals surface area contributed by atoms with E-state index in [1.54, 1.807) is 11.2 Å². The molecule has 0 amide bonds. The van der Waals surface area contributed by atoms with E-state index in [1.165, 1.54) is 0 Å². The van der Waals surface area contributed by atoms with Gasteiger partial charge in [0.2, 0.25) is 10.0 Å². The number of ether oxygens (including phenoxy) is 1. The zero-order chi connectivity index (χ0) is 19.9. The molecule has 2 atom stereocenters. The lowest BCUT2D eigenvalue weighted by Gasteiger charge is -2.37. The van der Waals surface area contributed by atoms with E-state index in [0.29, 0.717) is 25.2 Å². The second-order valence-electron chi connectivity index (χ2n) is 7.45. The van der Waals surface area contributed by atoms with Crippen molar-refractivity contribution in [2.45, 2.75) is 58.7 Å². The average Bonchev–Trinajstić information content (AvgIpc) is 2.67. The molecule has 0 aromatic heterocycles. The Kier molecular flexibility index (Phi) is 8.78. The van der Waals surface area contributed by atoms with Crippen LogP contribution in [0.4, 0.5) is 0 Å². The number of rotatable bonds is 7. The van der Waals surface area contributed by atoms with Crippen LogP contribution >= 0.6 is 0 Å². The number of aliphatic imine (C=N–C) groups is 1. The maximum atomic E-state index is 12.0. The summed E-state index contributed by atoms with van der Waals surface area (Å²) < 4.78 is 31.1. The molecule has 2 aliphatic heterocycles. The molecule has 0 aromatic rings. The van der Waals surface area contributed by atoms with Gasteiger partial charge in [0.15, 0.2) is 5.96 Å². The summed E-state index contributed by atoms with van der Waals surface area (Å²) in [6, 6.07) is 1.03. The Morgan fingerprint density at radius 1 is 1.26 bits per heavy atom. The van der Waals surface area contributed by atoms with Gasteiger partial charge in [-0.05, 0) is 40.5 Å². The van der Waals surface area contributed by atoms with Crippen molar-refractivity contribution in [3.63, 3.8) is 0 Å². The van der Waals surface area contributed by atoms with Crippen LogP contribution in [0.25, 0.3) is 0 Å². The molecule has 0 saturated carbocycles. The fraction of sp³-hybridized carbons (Fsp3) is 0.944. The van der Waals surface area contributed by atoms with Crippen LogP contribution in [0.3, 0.4) is 0 Å². The van der Waals surface area contributed by atoms with Gasteiger partial charge < -0.3 is 15.4 Å². The molecule has 0 bridgehead atoms. The zero-order valence-electron chi connectivity index (χ0n) is 17.3. The summed E-state index contributed by atoms with van der Waals surface area (Å²) in [4.78, 5) is 7.23. The Balaban J connectivity index is 1.87. The summed E-state index contributed by atoms with van der Waals surface area (Å²) in [7, 11) is -3.08. The summed E-state index contributed by atoms with van der Waals surface area (Å²) in [5, 5.41) is 6.81. The monoisotopic (exact) mass is 403 g/mol. The number of guanidine groups is 1. The first-order valence-electron chi connectivity index (χ1n) is 10.2. The fourth-order valence-corrected chi connectivity index (χ4v) is 4.83. The Morgan fingerprint density at radius 2 is 1.96 bits per heavy atom. The van der Waals surface area contributed by atoms with Crippen LogP contribution in [-0.2, 0) is 14.8 Å². The molecule has 2 rings (SSSR count). The molecule has 2 unspecified atom stereocenters. The molecule has 27 heavy (non-hydrogen) atoms. The maximum absolute atomic E-state index is 12.0. The first-order chi connectivity index (χ1) is 12.9. The largest absolute Gasteiger partial charge is 0.379 e. The van der Waals surface area contributed by atoms with E-state index in [1.807, 2.05) is 0 Å². The predicted octanol–water partition coefficient (Wildman–Crippen LogP) is 0.465. The molecular weight excluding hydrogens is 366 g/mol. The van der Waals surface area contributed by atoms with E-state index in [9.17, 15) is 8.42 Å². The highest BCUT2D eigenvalue weighted by atomic mass is 32.2. The van der Waals surface area contributed by atoms with E-state index in [-0.39, 0.29) is 11.8 Å². The Morgan fingerprint density at radius 3 is 2.56 bits per heavy atom. The van der Waals surface area contributed by atoms with Crippen molar-refractivity contribution >= 4 is 16.0 Å². The first-order valence-corrected chi connectivity index (χ1v) is 11.8. The summed E-state index contributed by atoms with van der Waals surface area (Å²) in [5.41, 5.74) is 0. The molecule has 2 N–H and O–H groups in total. The first kappa shape index (κ1) is 22.4. The Bertz CT molecular complexity index is 576. The van der Waals surface area contributed by atoms with E-state index in [0.717, 1.165) is 51.6 Å². The number of nitrogens with zero attached hydrogens (tertiary/aromatic N) is 3. The highest BCUT2D eigenvalue weighted by Gasteiger charge is 2.27. The minimum Gasteiger partial charge on any atom is -0.379 e. The van der Waals surface area contributed by atoms with Crippen molar-refractivity contribution in [3.05, 3.63) is 0 Å². The van der Waals surface area contributed by atoms with Crippen LogP contribution in [0.1, 0.15) is 40.5 Å². The van der Waals surface area contributed by atoms with Gasteiger partial charge in [0.1, 0.15) is 0 Å². The van der Waals surface area contributed by atoms with Gasteiger partial charge in [0.05, 0.1) is 25.5 Å². The molecule has 8 nitrogen and oxygen atoms in total. The second-order valence-corrected chi connectivity index (χ2v) is 9.71. The molecule has 158 valence electrons. The maximum Gasteiger partial charge on any atom is 0.213 e. The molecule has 2 fully saturated rings. The topological polar surface area (TPSA) is 86.3 Å². The lowest BCUT2D eigenvalue weighted by molar-refractivity contribution is -0.0165. The lowest BCUT2D eigenvalue weighted by atomic mass is 10.1. The van der Waals surface area contributed by atoms with Crippen LogP contribution in [0.15, 0.2) is 4.99 Å². The van der Waals surface area contributed by atoms with Gasteiger partial charge in [-0.15, -0.1) is 0 Å². The van der Waals surface area contributed by atoms with Gasteiger partial charge in [-0.2, -0.15) is 0 Å². The molecule has 0 spiro atoms. The highest BCUT2D eigenvalue weighted by Crippen LogP contribution is 2.15. The van der Waals surface area contributed by atoms with Crippen molar-refractivity contribution < 1.29 is 13.2 Å². The Hall–Kier alpha value is -0.900. The number of hydrogen-bond donors (Lipinski definition) is 2. The van der Waals surface area contributed by atoms with E-state index in [4.69, 9.17) is 9.73 Å². The van der Waals surface area contributed by atoms with Crippen molar-refractivity contribution in [3.8, 4) is 0 Å². The molecule has 2 heterocycles. The van der Waals surface area contributed by atoms with Gasteiger partial charge in [-0.3, -0.25) is 9.89 Å². The fourth-order valence-electron chi connectivity index (χ4n) is 3.70. The summed E-state index contributed by atoms with van der Waals surface area (Å²) in [6.45, 7) is 13.4. The van der Waals surface area contributed by atoms with Crippen molar-refractivity contribution in [2.24, 2.45) is 4.99 Å². The number of piperidine rings is 1. The molecule has 0 aliphatic carbocycles. The van der Waals surface area contributed by atoms with Crippen LogP contribution < -0.4 is 10.6 Å². The third-order valence-electron chi connectivity index (χ3n) is 5.40. The van der Waals surface area contributed by atoms with Crippen molar-refractivity contribution in [2.75, 3.05) is 51.7 Å². The molecular formula is C18H37N5O3S. The molecule has 0 aromatic carbocycles. The van der Waals surface area contributed by atoms with Crippen LogP contribution in [0.5, 0.6) is 0 Å². The van der Waals surface area contributed by atoms with E-state index < -0.39 is 10.0 Å². The number of sulfonamides is 1. The quantitative estimate of drug-likeness (QED) is 0.475. The number of morpholine rings is 1. The SMILES string of the molecule is CCNC(=NCC(C)N1CCOCC1C)NC1CCN(S(=O)(=O)CC)CC1. The Labute approximate surface area is 164 Å². The third kappa shape index (κ3) is 6.58. The smallest absolute Gasteiger partial charge is 0.213 e. The van der Waals surface area contributed by atoms with Gasteiger partial charge in [0, 0.05) is 44.3 Å². The summed E-state index contributed by atoms with van der Waals surface area (Å²) in [6.07, 6.45) is 1.61. The second kappa shape index (κ2) is 10.6. The lowest BCUT2D eigenvalue weighted by Crippen LogP contribution is -2.51. The van der Waals surface area contributed by atoms with Gasteiger partial charge >= 0.3 is 0 Å². The van der Waals surface area contributed by atoms with E-state index in [2.05, 4.69) is 36.3 Å². The van der Waals surface area contributed by atoms with Crippen molar-refractivity contribution in [1.29, 1.82) is 0 Å². The minimum atomic E-state index is -3.08. The normalized spacial score (nSPS) is 25.3. The van der Waals surface area contributed by atoms with Crippen LogP contribution in [0.2, 0.25) is 0 Å². The molecule has 9 heteroatoms. The average molecular weight is 404 g/mol. The molecule has 2 saturated heterocycles. The predicted molar refractivity (Wildman–Crippen MR) is 110 cm³/mol. The van der Waals surface area contributed by atoms with Crippen LogP contribution in [-0.4, -0.2) is 93.4 Å². The van der Waals surface area contributed by atoms with Gasteiger partial charge in [-0.1, -0.05) is 0 Å². The number of nitrogens with one attached hydrogen (secondary N) is 2. The van der Waals surface area contributed by atoms with Crippen LogP contribution in [0, 0.1) is 0 Å². The van der Waals surface area contributed by atoms with Gasteiger partial charge in [-0.25, -0.2) is 12.7 Å². The minimum absolute atomic E-state index is 0.174. The standard InChI is InChI=1S/C18H37N5O3S/c1-5-19-18(20-13-15(3)23-11-12-26-14-16(23)4)21-17-7-9-22(10-8-17)27(24,25)6-2/h15-17H,5-14H2,1-4H3,(H2,19,20,21). The van der Waals surface area contributed by atoms with Crippen molar-refractivity contribution in [1.82, 2.24) is 19.8 Å².